The van der Waals surface area contributed by atoms with Gasteiger partial charge in [0.2, 0.25) is 0 Å². The second-order valence-corrected chi connectivity index (χ2v) is 0. The molecule has 2 nitrogen and oxygen atoms in total. The zero-order chi connectivity index (χ0) is 4.00. The fraction of sp³-hybridized carbons (Fsp3) is 0. The molecule has 2 N–H and O–H groups in total. The van der Waals surface area contributed by atoms with Crippen LogP contribution in [-0.2, 0) is 0 Å². The van der Waals surface area contributed by atoms with E-state index in [-0.39, 0.29) is 52.8 Å². The van der Waals surface area contributed by atoms with Crippen LogP contribution in [-0.4, -0.2) is 10.5 Å². The Kier molecular flexibility index (Phi) is 229. The summed E-state index contributed by atoms with van der Waals surface area (Å²) < 4.78 is 0. The van der Waals surface area contributed by atoms with Crippen LogP contribution in [0.2, 0.25) is 0 Å². The summed E-state index contributed by atoms with van der Waals surface area (Å²) >= 11 is 0. The van der Waals surface area contributed by atoms with Crippen molar-refractivity contribution < 1.29 is 63.3 Å². The molecular weight excluding hydrogens is 95.1 g/mol. The van der Waals surface area contributed by atoms with Crippen LogP contribution in [0.1, 0.15) is 1.43 Å². The van der Waals surface area contributed by atoms with Gasteiger partial charge in [0.1, 0.15) is 0 Å². The molecule has 0 fully saturated rings. The van der Waals surface area contributed by atoms with Gasteiger partial charge in [-0.25, -0.2) is 0 Å². The average Bonchev–Trinajstić information content (AvgIpc) is 1.50. The Balaban J connectivity index is -0.00000000500. The summed E-state index contributed by atoms with van der Waals surface area (Å²) in [4.78, 5) is 0. The molecule has 0 amide bonds. The van der Waals surface area contributed by atoms with Crippen LogP contribution in [0.15, 0.2) is 0 Å². The van der Waals surface area contributed by atoms with Gasteiger partial charge in [0.05, 0.1) is 0 Å². The first-order chi connectivity index (χ1) is 2.00. The van der Waals surface area contributed by atoms with Crippen LogP contribution in [0, 0.1) is 12.8 Å². The van der Waals surface area contributed by atoms with Crippen molar-refractivity contribution in [1.82, 2.24) is 0 Å². The Morgan fingerprint density at radius 3 is 1.20 bits per heavy atom. The van der Waals surface area contributed by atoms with Crippen molar-refractivity contribution in [1.29, 1.82) is 0 Å². The number of hydrogen-bond acceptors (Lipinski definition) is 2. The molecule has 0 radical (unpaired) electrons. The molecule has 0 bridgehead atoms. The van der Waals surface area contributed by atoms with Gasteiger partial charge in [0, 0.05) is 0 Å². The molecule has 0 aliphatic rings. The van der Waals surface area contributed by atoms with Crippen molar-refractivity contribution in [2.24, 2.45) is 0 Å². The molecule has 5 heavy (non-hydrogen) atoms. The van der Waals surface area contributed by atoms with Crippen LogP contribution in [0.25, 0.3) is 0 Å². The largest absolute Gasteiger partial charge is 1.00 e. The standard InChI is InChI=1S/C2H2.K.H2O2.H/c1-2;;1-2;/h1-2H;;1-2H;/q;+1;;-1. The van der Waals surface area contributed by atoms with E-state index in [1.807, 2.05) is 0 Å². The Morgan fingerprint density at radius 2 is 1.20 bits per heavy atom. The van der Waals surface area contributed by atoms with E-state index in [1.54, 1.807) is 0 Å². The maximum atomic E-state index is 6.00. The summed E-state index contributed by atoms with van der Waals surface area (Å²) in [5.41, 5.74) is 0. The van der Waals surface area contributed by atoms with Crippen LogP contribution >= 0.6 is 0 Å². The van der Waals surface area contributed by atoms with Gasteiger partial charge in [-0.2, -0.15) is 0 Å². The van der Waals surface area contributed by atoms with E-state index in [9.17, 15) is 0 Å². The SMILES string of the molecule is C#C.OO.[H-].[K+]. The van der Waals surface area contributed by atoms with Crippen molar-refractivity contribution in [2.45, 2.75) is 0 Å². The van der Waals surface area contributed by atoms with Gasteiger partial charge < -0.3 is 1.43 Å². The van der Waals surface area contributed by atoms with Gasteiger partial charge in [-0.3, -0.25) is 10.5 Å². The van der Waals surface area contributed by atoms with E-state index < -0.39 is 0 Å². The molecule has 0 aliphatic heterocycles. The molecule has 0 unspecified atom stereocenters. The van der Waals surface area contributed by atoms with Crippen molar-refractivity contribution in [3.63, 3.8) is 0 Å². The molecule has 26 valence electrons. The number of rotatable bonds is 0. The fourth-order valence-corrected chi connectivity index (χ4v) is 0. The Labute approximate surface area is 75.0 Å². The molecule has 0 atom stereocenters. The maximum Gasteiger partial charge on any atom is 1.00 e. The quantitative estimate of drug-likeness (QED) is 0.151. The van der Waals surface area contributed by atoms with Crippen molar-refractivity contribution in [2.75, 3.05) is 0 Å². The third-order valence-corrected chi connectivity index (χ3v) is 0. The van der Waals surface area contributed by atoms with Gasteiger partial charge in [0.25, 0.3) is 0 Å². The van der Waals surface area contributed by atoms with Gasteiger partial charge in [-0.05, 0) is 0 Å². The Hall–Kier alpha value is 1.12. The molecule has 0 saturated heterocycles. The van der Waals surface area contributed by atoms with E-state index in [4.69, 9.17) is 10.5 Å². The first-order valence-electron chi connectivity index (χ1n) is 0.533. The summed E-state index contributed by atoms with van der Waals surface area (Å²) in [6, 6.07) is 0. The van der Waals surface area contributed by atoms with E-state index in [1.165, 1.54) is 0 Å². The molecule has 0 aromatic carbocycles. The normalized spacial score (nSPS) is 1.60. The molecular formula is C2H5KO2. The first kappa shape index (κ1) is 16.5. The fourth-order valence-electron chi connectivity index (χ4n) is 0. The summed E-state index contributed by atoms with van der Waals surface area (Å²) in [5.74, 6) is 0. The smallest absolute Gasteiger partial charge is 1.00 e. The van der Waals surface area contributed by atoms with Gasteiger partial charge in [-0.15, -0.1) is 12.8 Å². The van der Waals surface area contributed by atoms with Crippen molar-refractivity contribution >= 4 is 0 Å². The van der Waals surface area contributed by atoms with Crippen LogP contribution in [0.5, 0.6) is 0 Å². The van der Waals surface area contributed by atoms with Crippen LogP contribution in [0.3, 0.4) is 0 Å². The van der Waals surface area contributed by atoms with Gasteiger partial charge >= 0.3 is 51.4 Å². The van der Waals surface area contributed by atoms with Gasteiger partial charge in [-0.1, -0.05) is 0 Å². The first-order valence-corrected chi connectivity index (χ1v) is 0.533. The van der Waals surface area contributed by atoms with Crippen LogP contribution < -0.4 is 51.4 Å². The molecule has 0 heterocycles. The summed E-state index contributed by atoms with van der Waals surface area (Å²) in [5, 5.41) is 12.0. The molecule has 0 spiro atoms. The van der Waals surface area contributed by atoms with Crippen LogP contribution in [0.4, 0.5) is 0 Å². The minimum atomic E-state index is 0. The summed E-state index contributed by atoms with van der Waals surface area (Å²) in [6.07, 6.45) is 8.00. The predicted octanol–water partition coefficient (Wildman–Crippen LogP) is -2.62. The molecule has 3 heteroatoms. The van der Waals surface area contributed by atoms with Gasteiger partial charge in [0.15, 0.2) is 0 Å². The number of terminal acetylenes is 1. The van der Waals surface area contributed by atoms with E-state index >= 15 is 0 Å². The maximum absolute atomic E-state index is 6.00. The third kappa shape index (κ3) is 39.9. The minimum absolute atomic E-state index is 0. The molecule has 0 saturated carbocycles. The predicted molar refractivity (Wildman–Crippen MR) is 16.3 cm³/mol. The molecule has 0 rings (SSSR count). The Bertz CT molecular complexity index is 16.3. The minimum Gasteiger partial charge on any atom is -1.00 e. The second kappa shape index (κ2) is 69.6. The molecule has 0 aromatic heterocycles. The van der Waals surface area contributed by atoms with Crippen molar-refractivity contribution in [3.8, 4) is 12.8 Å². The topological polar surface area (TPSA) is 40.5 Å². The zero-order valence-corrected chi connectivity index (χ0v) is 6.17. The number of hydrogen-bond donors (Lipinski definition) is 2. The second-order valence-electron chi connectivity index (χ2n) is 0. The van der Waals surface area contributed by atoms with Crippen molar-refractivity contribution in [3.05, 3.63) is 0 Å². The third-order valence-electron chi connectivity index (χ3n) is 0. The van der Waals surface area contributed by atoms with E-state index in [0.29, 0.717) is 0 Å². The molecule has 0 aliphatic carbocycles. The monoisotopic (exact) mass is 100.0 g/mol. The average molecular weight is 100 g/mol. The van der Waals surface area contributed by atoms with E-state index in [2.05, 4.69) is 12.8 Å². The summed E-state index contributed by atoms with van der Waals surface area (Å²) in [6.45, 7) is 0. The molecule has 0 aromatic rings. The van der Waals surface area contributed by atoms with E-state index in [0.717, 1.165) is 0 Å². The summed E-state index contributed by atoms with van der Waals surface area (Å²) in [7, 11) is 0. The zero-order valence-electron chi connectivity index (χ0n) is 4.05. The Morgan fingerprint density at radius 1 is 1.20 bits per heavy atom.